The molecule has 0 bridgehead atoms. The van der Waals surface area contributed by atoms with Gasteiger partial charge in [-0.2, -0.15) is 0 Å². The van der Waals surface area contributed by atoms with Crippen LogP contribution < -0.4 is 0 Å². The topological polar surface area (TPSA) is 20.2 Å². The van der Waals surface area contributed by atoms with Crippen LogP contribution in [0.25, 0.3) is 0 Å². The first-order valence-corrected chi connectivity index (χ1v) is 5.81. The number of hydrogen-bond donors (Lipinski definition) is 1. The van der Waals surface area contributed by atoms with Crippen molar-refractivity contribution in [1.29, 1.82) is 0 Å². The maximum atomic E-state index is 13.5. The van der Waals surface area contributed by atoms with Crippen molar-refractivity contribution >= 4 is 0 Å². The van der Waals surface area contributed by atoms with Gasteiger partial charge in [0.25, 0.3) is 0 Å². The molecular weight excluding hydrogens is 253 g/mol. The van der Waals surface area contributed by atoms with E-state index in [1.807, 2.05) is 0 Å². The van der Waals surface area contributed by atoms with E-state index in [1.54, 1.807) is 6.07 Å². The molecule has 0 spiro atoms. The van der Waals surface area contributed by atoms with Gasteiger partial charge < -0.3 is 5.11 Å². The first kappa shape index (κ1) is 13.6. The van der Waals surface area contributed by atoms with E-state index >= 15 is 0 Å². The van der Waals surface area contributed by atoms with E-state index in [9.17, 15) is 18.3 Å². The quantitative estimate of drug-likeness (QED) is 0.900. The molecule has 2 aromatic carbocycles. The Kier molecular flexibility index (Phi) is 3.62. The molecule has 0 saturated carbocycles. The minimum atomic E-state index is -1.48. The van der Waals surface area contributed by atoms with Crippen LogP contribution in [0.5, 0.6) is 0 Å². The third-order valence-electron chi connectivity index (χ3n) is 2.99. The molecule has 19 heavy (non-hydrogen) atoms. The molecule has 2 rings (SSSR count). The van der Waals surface area contributed by atoms with Crippen LogP contribution in [0.15, 0.2) is 42.5 Å². The van der Waals surface area contributed by atoms with E-state index in [1.165, 1.54) is 25.1 Å². The molecular formula is C15H13F3O. The smallest absolute Gasteiger partial charge is 0.126 e. The summed E-state index contributed by atoms with van der Waals surface area (Å²) in [4.78, 5) is 0. The Morgan fingerprint density at radius 3 is 2.37 bits per heavy atom. The van der Waals surface area contributed by atoms with Crippen molar-refractivity contribution in [2.75, 3.05) is 0 Å². The van der Waals surface area contributed by atoms with Crippen LogP contribution in [-0.2, 0) is 12.0 Å². The molecule has 0 fully saturated rings. The molecule has 0 radical (unpaired) electrons. The van der Waals surface area contributed by atoms with Crippen molar-refractivity contribution in [3.05, 3.63) is 71.0 Å². The minimum Gasteiger partial charge on any atom is -0.385 e. The molecule has 100 valence electrons. The van der Waals surface area contributed by atoms with Gasteiger partial charge in [0.1, 0.15) is 17.5 Å². The summed E-state index contributed by atoms with van der Waals surface area (Å²) in [5.74, 6) is -1.66. The van der Waals surface area contributed by atoms with E-state index < -0.39 is 23.1 Å². The van der Waals surface area contributed by atoms with E-state index in [4.69, 9.17) is 0 Å². The summed E-state index contributed by atoms with van der Waals surface area (Å²) >= 11 is 0. The van der Waals surface area contributed by atoms with Crippen LogP contribution in [0.4, 0.5) is 13.2 Å². The lowest BCUT2D eigenvalue weighted by molar-refractivity contribution is 0.0563. The summed E-state index contributed by atoms with van der Waals surface area (Å²) in [5, 5.41) is 10.3. The molecule has 0 heterocycles. The van der Waals surface area contributed by atoms with Gasteiger partial charge in [-0.15, -0.1) is 0 Å². The molecule has 0 aliphatic rings. The summed E-state index contributed by atoms with van der Waals surface area (Å²) < 4.78 is 39.8. The molecule has 1 nitrogen and oxygen atoms in total. The lowest BCUT2D eigenvalue weighted by atomic mass is 9.89. The minimum absolute atomic E-state index is 0.0502. The molecule has 1 N–H and O–H groups in total. The second-order valence-electron chi connectivity index (χ2n) is 4.70. The Balaban J connectivity index is 2.33. The zero-order valence-corrected chi connectivity index (χ0v) is 10.3. The summed E-state index contributed by atoms with van der Waals surface area (Å²) in [6.07, 6.45) is -0.139. The number of halogens is 3. The van der Waals surface area contributed by atoms with E-state index in [-0.39, 0.29) is 12.0 Å². The lowest BCUT2D eigenvalue weighted by Gasteiger charge is -2.24. The predicted octanol–water partition coefficient (Wildman–Crippen LogP) is 3.55. The van der Waals surface area contributed by atoms with Crippen LogP contribution in [-0.4, -0.2) is 5.11 Å². The van der Waals surface area contributed by atoms with Gasteiger partial charge in [-0.1, -0.05) is 12.1 Å². The number of benzene rings is 2. The average molecular weight is 266 g/mol. The number of hydrogen-bond acceptors (Lipinski definition) is 1. The Labute approximate surface area is 109 Å². The first-order valence-electron chi connectivity index (χ1n) is 5.81. The van der Waals surface area contributed by atoms with Gasteiger partial charge in [-0.3, -0.25) is 0 Å². The van der Waals surface area contributed by atoms with Gasteiger partial charge in [0.2, 0.25) is 0 Å². The highest BCUT2D eigenvalue weighted by Crippen LogP contribution is 2.27. The molecule has 0 saturated heterocycles. The SMILES string of the molecule is CC(O)(Cc1cc(F)ccc1F)c1cccc(F)c1. The molecule has 0 aliphatic carbocycles. The predicted molar refractivity (Wildman–Crippen MR) is 66.0 cm³/mol. The van der Waals surface area contributed by atoms with Crippen LogP contribution >= 0.6 is 0 Å². The van der Waals surface area contributed by atoms with E-state index in [2.05, 4.69) is 0 Å². The zero-order valence-electron chi connectivity index (χ0n) is 10.3. The summed E-state index contributed by atoms with van der Waals surface area (Å²) in [6.45, 7) is 1.44. The zero-order chi connectivity index (χ0) is 14.0. The fourth-order valence-electron chi connectivity index (χ4n) is 1.98. The number of rotatable bonds is 3. The van der Waals surface area contributed by atoms with Gasteiger partial charge in [-0.25, -0.2) is 13.2 Å². The maximum absolute atomic E-state index is 13.5. The third-order valence-corrected chi connectivity index (χ3v) is 2.99. The molecule has 1 unspecified atom stereocenters. The number of aliphatic hydroxyl groups is 1. The standard InChI is InChI=1S/C15H13F3O/c1-15(19,11-3-2-4-12(16)8-11)9-10-7-13(17)5-6-14(10)18/h2-8,19H,9H2,1H3. The third kappa shape index (κ3) is 3.15. The molecule has 0 aromatic heterocycles. The average Bonchev–Trinajstić information content (AvgIpc) is 2.33. The molecule has 2 aromatic rings. The van der Waals surface area contributed by atoms with Crippen LogP contribution in [0.2, 0.25) is 0 Å². The molecule has 4 heteroatoms. The summed E-state index contributed by atoms with van der Waals surface area (Å²) in [5.41, 5.74) is -1.11. The highest BCUT2D eigenvalue weighted by Gasteiger charge is 2.25. The van der Waals surface area contributed by atoms with Crippen molar-refractivity contribution in [3.63, 3.8) is 0 Å². The van der Waals surface area contributed by atoms with Crippen molar-refractivity contribution < 1.29 is 18.3 Å². The maximum Gasteiger partial charge on any atom is 0.126 e. The highest BCUT2D eigenvalue weighted by molar-refractivity contribution is 5.27. The van der Waals surface area contributed by atoms with Crippen LogP contribution in [0.1, 0.15) is 18.1 Å². The summed E-state index contributed by atoms with van der Waals surface area (Å²) in [7, 11) is 0. The fraction of sp³-hybridized carbons (Fsp3) is 0.200. The monoisotopic (exact) mass is 266 g/mol. The van der Waals surface area contributed by atoms with Gasteiger partial charge in [-0.05, 0) is 48.4 Å². The normalized spacial score (nSPS) is 14.2. The Bertz CT molecular complexity index is 594. The van der Waals surface area contributed by atoms with Crippen LogP contribution in [0, 0.1) is 17.5 Å². The second kappa shape index (κ2) is 5.05. The van der Waals surface area contributed by atoms with E-state index in [0.29, 0.717) is 5.56 Å². The summed E-state index contributed by atoms with van der Waals surface area (Å²) in [6, 6.07) is 8.48. The molecule has 0 aliphatic heterocycles. The lowest BCUT2D eigenvalue weighted by Crippen LogP contribution is -2.25. The molecule has 0 amide bonds. The van der Waals surface area contributed by atoms with Crippen molar-refractivity contribution in [2.45, 2.75) is 18.9 Å². The fourth-order valence-corrected chi connectivity index (χ4v) is 1.98. The Morgan fingerprint density at radius 1 is 1.00 bits per heavy atom. The van der Waals surface area contributed by atoms with E-state index in [0.717, 1.165) is 18.2 Å². The van der Waals surface area contributed by atoms with Gasteiger partial charge in [0.15, 0.2) is 0 Å². The highest BCUT2D eigenvalue weighted by atomic mass is 19.1. The first-order chi connectivity index (χ1) is 8.88. The van der Waals surface area contributed by atoms with Crippen LogP contribution in [0.3, 0.4) is 0 Å². The van der Waals surface area contributed by atoms with Crippen molar-refractivity contribution in [1.82, 2.24) is 0 Å². The van der Waals surface area contributed by atoms with Gasteiger partial charge in [0.05, 0.1) is 5.60 Å². The van der Waals surface area contributed by atoms with Gasteiger partial charge >= 0.3 is 0 Å². The van der Waals surface area contributed by atoms with Crippen molar-refractivity contribution in [2.24, 2.45) is 0 Å². The Hall–Kier alpha value is -1.81. The molecule has 1 atom stereocenters. The van der Waals surface area contributed by atoms with Gasteiger partial charge in [0, 0.05) is 6.42 Å². The van der Waals surface area contributed by atoms with Crippen molar-refractivity contribution in [3.8, 4) is 0 Å². The second-order valence-corrected chi connectivity index (χ2v) is 4.70. The Morgan fingerprint density at radius 2 is 1.68 bits per heavy atom. The largest absolute Gasteiger partial charge is 0.385 e.